The molecule has 0 aliphatic rings. The molecule has 0 unspecified atom stereocenters. The first-order valence-electron chi connectivity index (χ1n) is 6.28. The lowest BCUT2D eigenvalue weighted by molar-refractivity contribution is -0.416. The summed E-state index contributed by atoms with van der Waals surface area (Å²) in [4.78, 5) is 0. The van der Waals surface area contributed by atoms with Crippen molar-refractivity contribution in [3.05, 3.63) is 0 Å². The summed E-state index contributed by atoms with van der Waals surface area (Å²) >= 11 is 0. The van der Waals surface area contributed by atoms with Crippen molar-refractivity contribution in [1.29, 1.82) is 0 Å². The lowest BCUT2D eigenvalue weighted by Gasteiger charge is -2.35. The Bertz CT molecular complexity index is 721. The summed E-state index contributed by atoms with van der Waals surface area (Å²) in [6, 6.07) is 0. The van der Waals surface area contributed by atoms with E-state index in [1.807, 2.05) is 0 Å². The summed E-state index contributed by atoms with van der Waals surface area (Å²) < 4.78 is 249. The van der Waals surface area contributed by atoms with E-state index < -0.39 is 65.7 Å². The Labute approximate surface area is 155 Å². The standard InChI is InChI=1S/C11F20/c12-3(13,5(16,17)7(20,21)9(24,25)11(29,30)31)1-2-4(14,15)6(18,19)8(22,23)10(26,27)28. The van der Waals surface area contributed by atoms with Crippen LogP contribution in [0.25, 0.3) is 0 Å². The monoisotopic (exact) mass is 512 g/mol. The van der Waals surface area contributed by atoms with Crippen molar-refractivity contribution in [3.63, 3.8) is 0 Å². The van der Waals surface area contributed by atoms with Gasteiger partial charge in [-0.05, 0) is 11.8 Å². The van der Waals surface area contributed by atoms with E-state index >= 15 is 0 Å². The van der Waals surface area contributed by atoms with Crippen LogP contribution in [0.2, 0.25) is 0 Å². The minimum atomic E-state index is -8.22. The zero-order valence-electron chi connectivity index (χ0n) is 13.1. The minimum Gasteiger partial charge on any atom is -0.192 e. The lowest BCUT2D eigenvalue weighted by Crippen LogP contribution is -2.66. The predicted octanol–water partition coefficient (Wildman–Crippen LogP) is 6.56. The summed E-state index contributed by atoms with van der Waals surface area (Å²) in [6.45, 7) is 0. The third kappa shape index (κ3) is 4.15. The average molecular weight is 512 g/mol. The highest BCUT2D eigenvalue weighted by molar-refractivity contribution is 5.26. The van der Waals surface area contributed by atoms with Crippen LogP contribution in [0.1, 0.15) is 0 Å². The molecule has 0 radical (unpaired) electrons. The molecule has 0 fully saturated rings. The molecule has 0 aromatic rings. The van der Waals surface area contributed by atoms with Gasteiger partial charge in [-0.15, -0.1) is 0 Å². The molecule has 0 N–H and O–H groups in total. The molecule has 0 rings (SSSR count). The van der Waals surface area contributed by atoms with Gasteiger partial charge in [-0.25, -0.2) is 0 Å². The molecule has 184 valence electrons. The molecule has 0 aromatic carbocycles. The van der Waals surface area contributed by atoms with Crippen molar-refractivity contribution < 1.29 is 87.8 Å². The second-order valence-corrected chi connectivity index (χ2v) is 5.27. The fourth-order valence-electron chi connectivity index (χ4n) is 1.26. The van der Waals surface area contributed by atoms with Crippen molar-refractivity contribution in [1.82, 2.24) is 0 Å². The largest absolute Gasteiger partial charge is 0.460 e. The smallest absolute Gasteiger partial charge is 0.192 e. The van der Waals surface area contributed by atoms with Crippen LogP contribution in [0, 0.1) is 11.8 Å². The zero-order valence-corrected chi connectivity index (χ0v) is 13.1. The molecule has 0 atom stereocenters. The second kappa shape index (κ2) is 7.08. The number of rotatable bonds is 5. The van der Waals surface area contributed by atoms with Gasteiger partial charge in [0.15, 0.2) is 0 Å². The Morgan fingerprint density at radius 1 is 0.258 bits per heavy atom. The molecule has 0 saturated heterocycles. The van der Waals surface area contributed by atoms with Gasteiger partial charge < -0.3 is 0 Å². The van der Waals surface area contributed by atoms with Crippen molar-refractivity contribution in [2.24, 2.45) is 0 Å². The third-order valence-corrected chi connectivity index (χ3v) is 3.06. The van der Waals surface area contributed by atoms with E-state index in [1.165, 1.54) is 0 Å². The molecule has 0 bridgehead atoms. The Morgan fingerprint density at radius 2 is 0.452 bits per heavy atom. The van der Waals surface area contributed by atoms with E-state index in [-0.39, 0.29) is 0 Å². The van der Waals surface area contributed by atoms with Crippen LogP contribution in [0.3, 0.4) is 0 Å². The van der Waals surface area contributed by atoms with Crippen LogP contribution < -0.4 is 0 Å². The quantitative estimate of drug-likeness (QED) is 0.289. The molecule has 0 aliphatic carbocycles. The van der Waals surface area contributed by atoms with Gasteiger partial charge in [0.1, 0.15) is 0 Å². The van der Waals surface area contributed by atoms with E-state index in [9.17, 15) is 87.8 Å². The van der Waals surface area contributed by atoms with Gasteiger partial charge in [0.25, 0.3) is 0 Å². The molecule has 0 aromatic heterocycles. The Hall–Kier alpha value is -1.84. The molecule has 0 amide bonds. The van der Waals surface area contributed by atoms with Gasteiger partial charge in [0.05, 0.1) is 0 Å². The Morgan fingerprint density at radius 3 is 0.677 bits per heavy atom. The highest BCUT2D eigenvalue weighted by Gasteiger charge is 2.87. The van der Waals surface area contributed by atoms with Crippen LogP contribution in [-0.4, -0.2) is 53.8 Å². The predicted molar refractivity (Wildman–Crippen MR) is 54.5 cm³/mol. The van der Waals surface area contributed by atoms with Crippen molar-refractivity contribution >= 4 is 0 Å². The SMILES string of the molecule is FC(F)(F)C(F)(F)C(F)(F)C(F)(F)C#CC(F)(F)C(F)(F)C(F)(F)C(F)(F)C(F)(F)F. The van der Waals surface area contributed by atoms with E-state index in [0.29, 0.717) is 0 Å². The van der Waals surface area contributed by atoms with Gasteiger partial charge in [-0.2, -0.15) is 87.8 Å². The Balaban J connectivity index is 6.52. The molecule has 20 heteroatoms. The van der Waals surface area contributed by atoms with E-state index in [2.05, 4.69) is 0 Å². The number of hydrogen-bond acceptors (Lipinski definition) is 0. The molecular formula is C11F20. The van der Waals surface area contributed by atoms with Crippen LogP contribution in [0.5, 0.6) is 0 Å². The molecule has 0 spiro atoms. The maximum Gasteiger partial charge on any atom is 0.460 e. The van der Waals surface area contributed by atoms with Crippen molar-refractivity contribution in [2.45, 2.75) is 53.8 Å². The second-order valence-electron chi connectivity index (χ2n) is 5.27. The summed E-state index contributed by atoms with van der Waals surface area (Å²) in [6.07, 6.45) is -15.2. The zero-order chi connectivity index (χ0) is 25.9. The normalized spacial score (nSPS) is 16.1. The van der Waals surface area contributed by atoms with Crippen LogP contribution in [0.4, 0.5) is 87.8 Å². The van der Waals surface area contributed by atoms with Crippen molar-refractivity contribution in [2.75, 3.05) is 0 Å². The number of hydrogen-bond donors (Lipinski definition) is 0. The Kier molecular flexibility index (Phi) is 6.66. The van der Waals surface area contributed by atoms with E-state index in [1.54, 1.807) is 0 Å². The van der Waals surface area contributed by atoms with E-state index in [4.69, 9.17) is 0 Å². The lowest BCUT2D eigenvalue weighted by atomic mass is 9.97. The molecule has 0 nitrogen and oxygen atoms in total. The molecule has 0 saturated carbocycles. The average Bonchev–Trinajstić information content (AvgIpc) is 2.50. The van der Waals surface area contributed by atoms with Gasteiger partial charge >= 0.3 is 53.8 Å². The van der Waals surface area contributed by atoms with Crippen LogP contribution in [0.15, 0.2) is 0 Å². The molecular weight excluding hydrogens is 512 g/mol. The van der Waals surface area contributed by atoms with Gasteiger partial charge in [0.2, 0.25) is 0 Å². The van der Waals surface area contributed by atoms with E-state index in [0.717, 1.165) is 0 Å². The summed E-state index contributed by atoms with van der Waals surface area (Å²) in [5, 5.41) is 0. The molecule has 31 heavy (non-hydrogen) atoms. The van der Waals surface area contributed by atoms with Crippen LogP contribution in [-0.2, 0) is 0 Å². The maximum absolute atomic E-state index is 13.0. The summed E-state index contributed by atoms with van der Waals surface area (Å²) in [5.41, 5.74) is 0. The van der Waals surface area contributed by atoms with Crippen LogP contribution >= 0.6 is 0 Å². The maximum atomic E-state index is 13.0. The van der Waals surface area contributed by atoms with Gasteiger partial charge in [-0.3, -0.25) is 0 Å². The van der Waals surface area contributed by atoms with Crippen molar-refractivity contribution in [3.8, 4) is 11.8 Å². The highest BCUT2D eigenvalue weighted by atomic mass is 19.4. The fraction of sp³-hybridized carbons (Fsp3) is 0.818. The third-order valence-electron chi connectivity index (χ3n) is 3.06. The fourth-order valence-corrected chi connectivity index (χ4v) is 1.26. The molecule has 0 aliphatic heterocycles. The van der Waals surface area contributed by atoms with Gasteiger partial charge in [-0.1, -0.05) is 0 Å². The first kappa shape index (κ1) is 29.2. The number of halogens is 20. The first-order chi connectivity index (χ1) is 13.0. The summed E-state index contributed by atoms with van der Waals surface area (Å²) in [7, 11) is 0. The molecule has 0 heterocycles. The number of alkyl halides is 20. The van der Waals surface area contributed by atoms with Gasteiger partial charge in [0, 0.05) is 0 Å². The topological polar surface area (TPSA) is 0 Å². The summed E-state index contributed by atoms with van der Waals surface area (Å²) in [5.74, 6) is -57.6. The first-order valence-corrected chi connectivity index (χ1v) is 6.28. The highest BCUT2D eigenvalue weighted by Crippen LogP contribution is 2.57. The minimum absolute atomic E-state index is 1.32.